The number of ether oxygens (including phenoxy) is 1. The first-order valence-corrected chi connectivity index (χ1v) is 21.9. The van der Waals surface area contributed by atoms with Crippen molar-refractivity contribution >= 4 is 44.6 Å². The van der Waals surface area contributed by atoms with Crippen LogP contribution in [0.5, 0.6) is 11.5 Å². The summed E-state index contributed by atoms with van der Waals surface area (Å²) < 4.78 is 23.4. The Balaban J connectivity index is 0.00000511. The molecule has 66 heavy (non-hydrogen) atoms. The molecule has 5 nitrogen and oxygen atoms in total. The van der Waals surface area contributed by atoms with Crippen LogP contribution in [0.2, 0.25) is 0 Å². The molecular weight excluding hydrogens is 995 g/mol. The van der Waals surface area contributed by atoms with Crippen LogP contribution in [0.4, 0.5) is 27.1 Å². The molecule has 8 aromatic carbocycles. The molecule has 0 spiro atoms. The third-order valence-corrected chi connectivity index (χ3v) is 12.3. The smallest absolute Gasteiger partial charge is 0.135 e. The van der Waals surface area contributed by atoms with Crippen LogP contribution in [-0.4, -0.2) is 9.55 Å². The third kappa shape index (κ3) is 7.75. The number of nitrogens with zero attached hydrogens (tertiary/aromatic N) is 4. The fourth-order valence-electron chi connectivity index (χ4n) is 9.06. The van der Waals surface area contributed by atoms with Crippen molar-refractivity contribution in [3.8, 4) is 50.7 Å². The molecule has 2 aromatic heterocycles. The minimum absolute atomic E-state index is 0. The molecule has 0 amide bonds. The molecule has 0 bridgehead atoms. The van der Waals surface area contributed by atoms with Gasteiger partial charge in [-0.05, 0) is 88.0 Å². The average Bonchev–Trinajstić information content (AvgIpc) is 3.88. The number of rotatable bonds is 8. The maximum Gasteiger partial charge on any atom is 0.135 e. The molecule has 1 aliphatic rings. The molecular formula is C59H44FN4OPt-3. The van der Waals surface area contributed by atoms with Gasteiger partial charge in [-0.1, -0.05) is 142 Å². The molecule has 10 aromatic rings. The molecule has 0 aliphatic carbocycles. The number of pyridine rings is 1. The van der Waals surface area contributed by atoms with E-state index in [1.165, 1.54) is 17.7 Å². The van der Waals surface area contributed by atoms with E-state index >= 15 is 0 Å². The number of benzene rings is 8. The van der Waals surface area contributed by atoms with E-state index in [-0.39, 0.29) is 32.3 Å². The number of para-hydroxylation sites is 4. The minimum Gasteiger partial charge on any atom is -0.509 e. The molecule has 0 atom stereocenters. The van der Waals surface area contributed by atoms with Gasteiger partial charge >= 0.3 is 0 Å². The van der Waals surface area contributed by atoms with Crippen LogP contribution in [0.3, 0.4) is 0 Å². The Kier molecular flexibility index (Phi) is 11.2. The summed E-state index contributed by atoms with van der Waals surface area (Å²) in [7, 11) is 0. The molecule has 1 aliphatic heterocycles. The monoisotopic (exact) mass is 1040 g/mol. The van der Waals surface area contributed by atoms with Gasteiger partial charge in [-0.15, -0.1) is 53.6 Å². The zero-order valence-corrected chi connectivity index (χ0v) is 39.1. The zero-order valence-electron chi connectivity index (χ0n) is 36.9. The van der Waals surface area contributed by atoms with Crippen LogP contribution < -0.4 is 14.5 Å². The largest absolute Gasteiger partial charge is 0.509 e. The maximum atomic E-state index is 14.3. The van der Waals surface area contributed by atoms with Gasteiger partial charge in [0.05, 0.1) is 0 Å². The Bertz CT molecular complexity index is 3410. The Hall–Kier alpha value is -7.27. The van der Waals surface area contributed by atoms with Crippen LogP contribution in [-0.2, 0) is 26.5 Å². The molecule has 0 N–H and O–H groups in total. The first kappa shape index (κ1) is 42.7. The minimum atomic E-state index is -0.274. The second-order valence-electron chi connectivity index (χ2n) is 17.5. The molecule has 0 saturated carbocycles. The summed E-state index contributed by atoms with van der Waals surface area (Å²) in [6.45, 7) is 10.9. The summed E-state index contributed by atoms with van der Waals surface area (Å²) in [5, 5.41) is 2.18. The number of anilines is 4. The van der Waals surface area contributed by atoms with E-state index in [4.69, 9.17) is 9.72 Å². The number of hydrogen-bond acceptors (Lipinski definition) is 4. The molecule has 0 saturated heterocycles. The van der Waals surface area contributed by atoms with Crippen molar-refractivity contribution in [2.45, 2.75) is 33.1 Å². The first-order chi connectivity index (χ1) is 31.7. The van der Waals surface area contributed by atoms with Gasteiger partial charge in [0.25, 0.3) is 0 Å². The van der Waals surface area contributed by atoms with Gasteiger partial charge in [-0.2, -0.15) is 6.07 Å². The molecule has 3 heterocycles. The van der Waals surface area contributed by atoms with Crippen molar-refractivity contribution in [1.82, 2.24) is 9.55 Å². The fourth-order valence-corrected chi connectivity index (χ4v) is 9.06. The van der Waals surface area contributed by atoms with Gasteiger partial charge in [0, 0.05) is 72.5 Å². The van der Waals surface area contributed by atoms with Crippen molar-refractivity contribution in [2.75, 3.05) is 9.80 Å². The van der Waals surface area contributed by atoms with E-state index in [1.807, 2.05) is 30.5 Å². The van der Waals surface area contributed by atoms with Gasteiger partial charge in [-0.25, -0.2) is 9.37 Å². The van der Waals surface area contributed by atoms with Crippen LogP contribution in [0.1, 0.15) is 31.9 Å². The van der Waals surface area contributed by atoms with Gasteiger partial charge in [0.15, 0.2) is 0 Å². The van der Waals surface area contributed by atoms with Crippen molar-refractivity contribution < 1.29 is 30.2 Å². The van der Waals surface area contributed by atoms with E-state index in [1.54, 1.807) is 0 Å². The SMILES string of the molecule is Cc1ccccc1-c1cc(Oc2[c-]c3c(cc2)c2ccccc2n3-c2cc(C(C)(C)C)ccn2)[c-]c(N2[CH-]N(c3c(-c4ccccc4)cccc3-c3ccc(F)cc3)c3ccccc32)c1.[Pt]. The Morgan fingerprint density at radius 3 is 2.00 bits per heavy atom. The molecule has 326 valence electrons. The summed E-state index contributed by atoms with van der Waals surface area (Å²) in [6.07, 6.45) is 1.89. The Labute approximate surface area is 399 Å². The average molecular weight is 1040 g/mol. The molecule has 0 unspecified atom stereocenters. The summed E-state index contributed by atoms with van der Waals surface area (Å²) >= 11 is 0. The van der Waals surface area contributed by atoms with Crippen LogP contribution >= 0.6 is 0 Å². The second kappa shape index (κ2) is 17.3. The summed E-state index contributed by atoms with van der Waals surface area (Å²) in [5.41, 5.74) is 14.1. The fraction of sp³-hybridized carbons (Fsp3) is 0.0847. The number of aromatic nitrogens is 2. The summed E-state index contributed by atoms with van der Waals surface area (Å²) in [5.74, 6) is 1.67. The van der Waals surface area contributed by atoms with E-state index in [2.05, 4.69) is 206 Å². The summed E-state index contributed by atoms with van der Waals surface area (Å²) in [4.78, 5) is 9.31. The number of halogens is 1. The van der Waals surface area contributed by atoms with E-state index < -0.39 is 0 Å². The summed E-state index contributed by atoms with van der Waals surface area (Å²) in [6, 6.07) is 68.6. The molecule has 0 fully saturated rings. The van der Waals surface area contributed by atoms with E-state index in [9.17, 15) is 4.39 Å². The van der Waals surface area contributed by atoms with Crippen LogP contribution in [0, 0.1) is 31.5 Å². The molecule has 11 rings (SSSR count). The van der Waals surface area contributed by atoms with Crippen molar-refractivity contribution in [3.05, 3.63) is 224 Å². The number of aryl methyl sites for hydroxylation is 1. The predicted octanol–water partition coefficient (Wildman–Crippen LogP) is 15.7. The standard InChI is InChI=1S/C59H44FN4O.Pt/c1-39-15-8-9-18-48(39)42-33-45(36-47(34-42)65-46-29-30-52-51-19-10-11-22-53(51)64(56(52)37-46)57-35-43(31-32-61-57)59(2,3)4)62-38-63(55-24-13-12-23-54(55)62)58-49(40-16-6-5-7-17-40)20-14-21-50(58)41-25-27-44(60)28-26-41;/h5-35,38H,1-4H3;/q-3;. The number of fused-ring (bicyclic) bond motifs is 4. The molecule has 0 radical (unpaired) electrons. The van der Waals surface area contributed by atoms with E-state index in [0.717, 1.165) is 89.3 Å². The second-order valence-corrected chi connectivity index (χ2v) is 17.5. The molecule has 7 heteroatoms. The normalized spacial score (nSPS) is 12.4. The number of hydrogen-bond donors (Lipinski definition) is 0. The topological polar surface area (TPSA) is 33.5 Å². The van der Waals surface area contributed by atoms with Gasteiger partial charge < -0.3 is 19.1 Å². The van der Waals surface area contributed by atoms with E-state index in [0.29, 0.717) is 11.5 Å². The van der Waals surface area contributed by atoms with Crippen molar-refractivity contribution in [1.29, 1.82) is 0 Å². The quantitative estimate of drug-likeness (QED) is 0.142. The predicted molar refractivity (Wildman–Crippen MR) is 264 cm³/mol. The Morgan fingerprint density at radius 1 is 0.576 bits per heavy atom. The third-order valence-electron chi connectivity index (χ3n) is 12.3. The Morgan fingerprint density at radius 2 is 1.24 bits per heavy atom. The van der Waals surface area contributed by atoms with Crippen molar-refractivity contribution in [3.63, 3.8) is 0 Å². The van der Waals surface area contributed by atoms with Gasteiger partial charge in [0.2, 0.25) is 0 Å². The van der Waals surface area contributed by atoms with Gasteiger partial charge in [0.1, 0.15) is 11.6 Å². The first-order valence-electron chi connectivity index (χ1n) is 21.9. The van der Waals surface area contributed by atoms with Crippen LogP contribution in [0.25, 0.3) is 61.0 Å². The van der Waals surface area contributed by atoms with Crippen molar-refractivity contribution in [2.24, 2.45) is 0 Å². The van der Waals surface area contributed by atoms with Gasteiger partial charge in [-0.3, -0.25) is 0 Å². The zero-order chi connectivity index (χ0) is 44.2. The van der Waals surface area contributed by atoms with Crippen LogP contribution in [0.15, 0.2) is 188 Å². The maximum absolute atomic E-state index is 14.3.